The fourth-order valence-corrected chi connectivity index (χ4v) is 3.20. The van der Waals surface area contributed by atoms with Crippen LogP contribution in [-0.4, -0.2) is 25.8 Å². The van der Waals surface area contributed by atoms with Crippen LogP contribution in [0.1, 0.15) is 24.6 Å². The van der Waals surface area contributed by atoms with Crippen LogP contribution in [0.15, 0.2) is 47.9 Å². The number of carboxylic acids is 1. The van der Waals surface area contributed by atoms with E-state index in [1.165, 1.54) is 4.68 Å². The average Bonchev–Trinajstić information content (AvgIpc) is 3.06. The van der Waals surface area contributed by atoms with Crippen molar-refractivity contribution in [1.29, 1.82) is 0 Å². The standard InChI is InChI=1S/C21H21N3O3/c1-3-7-17-15(4-2)19(23-24(21(17)27)11-10-20(25)26)12-14-13-22-18-9-6-5-8-16(14)18/h3-9,13,22H,1,10-12H2,2H3,(H,25,26). The van der Waals surface area contributed by atoms with Gasteiger partial charge in [0.1, 0.15) is 0 Å². The fraction of sp³-hybridized carbons (Fsp3) is 0.190. The lowest BCUT2D eigenvalue weighted by Gasteiger charge is -2.08. The number of aryl methyl sites for hydroxylation is 1. The molecule has 0 aliphatic heterocycles. The number of fused-ring (bicyclic) bond motifs is 1. The molecule has 0 amide bonds. The molecule has 6 heteroatoms. The van der Waals surface area contributed by atoms with E-state index >= 15 is 0 Å². The number of carboxylic acid groups (broad SMARTS) is 1. The van der Waals surface area contributed by atoms with Crippen LogP contribution in [0, 0.1) is 0 Å². The van der Waals surface area contributed by atoms with Gasteiger partial charge in [-0.05, 0) is 24.6 Å². The molecule has 0 spiro atoms. The zero-order valence-electron chi connectivity index (χ0n) is 15.1. The number of benzene rings is 1. The molecule has 0 aliphatic rings. The summed E-state index contributed by atoms with van der Waals surface area (Å²) in [4.78, 5) is 26.9. The lowest BCUT2D eigenvalue weighted by molar-refractivity contribution is -0.137. The van der Waals surface area contributed by atoms with Gasteiger partial charge in [0.05, 0.1) is 23.9 Å². The summed E-state index contributed by atoms with van der Waals surface area (Å²) in [5.74, 6) is -0.970. The predicted molar refractivity (Wildman–Crippen MR) is 106 cm³/mol. The second-order valence-corrected chi connectivity index (χ2v) is 6.17. The molecule has 0 fully saturated rings. The Morgan fingerprint density at radius 3 is 2.81 bits per heavy atom. The number of aliphatic carboxylic acids is 1. The number of nitrogens with one attached hydrogen (secondary N) is 1. The van der Waals surface area contributed by atoms with Gasteiger partial charge in [0, 0.05) is 28.7 Å². The molecule has 3 aromatic rings. The molecule has 6 nitrogen and oxygen atoms in total. The van der Waals surface area contributed by atoms with E-state index < -0.39 is 5.97 Å². The average molecular weight is 363 g/mol. The molecule has 2 heterocycles. The van der Waals surface area contributed by atoms with E-state index in [2.05, 4.69) is 16.7 Å². The number of H-pyrrole nitrogens is 1. The third-order valence-electron chi connectivity index (χ3n) is 4.45. The first kappa shape index (κ1) is 18.4. The number of hydrogen-bond donors (Lipinski definition) is 2. The van der Waals surface area contributed by atoms with Crippen LogP contribution in [-0.2, 0) is 17.8 Å². The molecule has 0 aliphatic carbocycles. The van der Waals surface area contributed by atoms with Crippen LogP contribution in [0.25, 0.3) is 23.1 Å². The van der Waals surface area contributed by atoms with Crippen molar-refractivity contribution in [1.82, 2.24) is 14.8 Å². The number of hydrogen-bond acceptors (Lipinski definition) is 3. The quantitative estimate of drug-likeness (QED) is 0.696. The molecule has 2 N–H and O–H groups in total. The van der Waals surface area contributed by atoms with Crippen molar-refractivity contribution in [3.05, 3.63) is 75.2 Å². The van der Waals surface area contributed by atoms with Gasteiger partial charge in [0.2, 0.25) is 0 Å². The van der Waals surface area contributed by atoms with Crippen molar-refractivity contribution in [2.45, 2.75) is 26.3 Å². The summed E-state index contributed by atoms with van der Waals surface area (Å²) in [6, 6.07) is 7.98. The van der Waals surface area contributed by atoms with Gasteiger partial charge in [-0.3, -0.25) is 9.59 Å². The van der Waals surface area contributed by atoms with Crippen molar-refractivity contribution in [3.8, 4) is 0 Å². The van der Waals surface area contributed by atoms with Gasteiger partial charge in [-0.1, -0.05) is 36.9 Å². The smallest absolute Gasteiger partial charge is 0.305 e. The summed E-state index contributed by atoms with van der Waals surface area (Å²) in [7, 11) is 0. The Hall–Kier alpha value is -3.41. The first-order valence-electron chi connectivity index (χ1n) is 8.71. The Morgan fingerprint density at radius 1 is 1.33 bits per heavy atom. The molecule has 0 bridgehead atoms. The molecular formula is C21H21N3O3. The molecule has 0 saturated carbocycles. The number of rotatable bonds is 6. The highest BCUT2D eigenvalue weighted by Crippen LogP contribution is 2.19. The minimum atomic E-state index is -0.970. The molecule has 2 aromatic heterocycles. The summed E-state index contributed by atoms with van der Waals surface area (Å²) >= 11 is 0. The SMILES string of the molecule is C=CC=c1c(=CC)c(Cc2c[nH]c3ccccc23)nn(CCC(=O)O)c1=O. The minimum absolute atomic E-state index is 0.0248. The molecular weight excluding hydrogens is 342 g/mol. The van der Waals surface area contributed by atoms with E-state index in [1.54, 1.807) is 12.2 Å². The molecule has 0 radical (unpaired) electrons. The lowest BCUT2D eigenvalue weighted by atomic mass is 10.1. The normalized spacial score (nSPS) is 12.6. The Balaban J connectivity index is 2.18. The number of aromatic amines is 1. The Kier molecular flexibility index (Phi) is 5.35. The third kappa shape index (κ3) is 3.74. The van der Waals surface area contributed by atoms with Gasteiger partial charge < -0.3 is 10.1 Å². The Bertz CT molecular complexity index is 1190. The maximum Gasteiger partial charge on any atom is 0.305 e. The van der Waals surface area contributed by atoms with E-state index in [4.69, 9.17) is 5.11 Å². The molecule has 0 unspecified atom stereocenters. The van der Waals surface area contributed by atoms with Gasteiger partial charge in [0.15, 0.2) is 0 Å². The predicted octanol–water partition coefficient (Wildman–Crippen LogP) is 1.56. The third-order valence-corrected chi connectivity index (χ3v) is 4.45. The molecule has 3 rings (SSSR count). The zero-order chi connectivity index (χ0) is 19.4. The number of carbonyl (C=O) groups is 1. The van der Waals surface area contributed by atoms with Gasteiger partial charge in [-0.15, -0.1) is 0 Å². The van der Waals surface area contributed by atoms with Gasteiger partial charge in [-0.25, -0.2) is 4.68 Å². The Morgan fingerprint density at radius 2 is 2.11 bits per heavy atom. The van der Waals surface area contributed by atoms with Crippen LogP contribution in [0.4, 0.5) is 0 Å². The van der Waals surface area contributed by atoms with Crippen molar-refractivity contribution >= 4 is 29.0 Å². The van der Waals surface area contributed by atoms with Crippen LogP contribution in [0.3, 0.4) is 0 Å². The summed E-state index contributed by atoms with van der Waals surface area (Å²) in [5.41, 5.74) is 2.51. The Labute approximate surface area is 155 Å². The summed E-state index contributed by atoms with van der Waals surface area (Å²) < 4.78 is 1.24. The van der Waals surface area contributed by atoms with Gasteiger partial charge >= 0.3 is 5.97 Å². The summed E-state index contributed by atoms with van der Waals surface area (Å²) in [5, 5.41) is 15.8. The lowest BCUT2D eigenvalue weighted by Crippen LogP contribution is -2.48. The number of para-hydroxylation sites is 1. The molecule has 27 heavy (non-hydrogen) atoms. The highest BCUT2D eigenvalue weighted by molar-refractivity contribution is 5.83. The summed E-state index contributed by atoms with van der Waals surface area (Å²) in [6.45, 7) is 5.57. The van der Waals surface area contributed by atoms with Crippen LogP contribution in [0.2, 0.25) is 0 Å². The largest absolute Gasteiger partial charge is 0.481 e. The van der Waals surface area contributed by atoms with E-state index in [0.29, 0.717) is 11.6 Å². The van der Waals surface area contributed by atoms with Crippen LogP contribution in [0.5, 0.6) is 0 Å². The second-order valence-electron chi connectivity index (χ2n) is 6.17. The van der Waals surface area contributed by atoms with E-state index in [1.807, 2.05) is 43.5 Å². The number of allylic oxidation sites excluding steroid dienone is 1. The van der Waals surface area contributed by atoms with Crippen molar-refractivity contribution in [2.24, 2.45) is 0 Å². The van der Waals surface area contributed by atoms with Crippen molar-refractivity contribution < 1.29 is 9.90 Å². The summed E-state index contributed by atoms with van der Waals surface area (Å²) in [6.07, 6.45) is 7.36. The molecule has 1 aromatic carbocycles. The topological polar surface area (TPSA) is 88.0 Å². The highest BCUT2D eigenvalue weighted by Gasteiger charge is 2.11. The second kappa shape index (κ2) is 7.86. The van der Waals surface area contributed by atoms with Crippen LogP contribution >= 0.6 is 0 Å². The van der Waals surface area contributed by atoms with E-state index in [9.17, 15) is 9.59 Å². The van der Waals surface area contributed by atoms with Crippen molar-refractivity contribution in [3.63, 3.8) is 0 Å². The van der Waals surface area contributed by atoms with Crippen LogP contribution < -0.4 is 16.0 Å². The monoisotopic (exact) mass is 363 g/mol. The number of aromatic nitrogens is 3. The van der Waals surface area contributed by atoms with Crippen molar-refractivity contribution in [2.75, 3.05) is 0 Å². The number of nitrogens with zero attached hydrogens (tertiary/aromatic N) is 2. The maximum atomic E-state index is 12.7. The minimum Gasteiger partial charge on any atom is -0.481 e. The first-order chi connectivity index (χ1) is 13.0. The molecule has 0 saturated heterocycles. The molecule has 138 valence electrons. The fourth-order valence-electron chi connectivity index (χ4n) is 3.20. The molecule has 0 atom stereocenters. The van der Waals surface area contributed by atoms with E-state index in [-0.39, 0.29) is 18.5 Å². The van der Waals surface area contributed by atoms with E-state index in [0.717, 1.165) is 27.4 Å². The highest BCUT2D eigenvalue weighted by atomic mass is 16.4. The van der Waals surface area contributed by atoms with Gasteiger partial charge in [-0.2, -0.15) is 5.10 Å². The zero-order valence-corrected chi connectivity index (χ0v) is 15.1. The maximum absolute atomic E-state index is 12.7. The first-order valence-corrected chi connectivity index (χ1v) is 8.71. The van der Waals surface area contributed by atoms with Gasteiger partial charge in [0.25, 0.3) is 5.56 Å².